The summed E-state index contributed by atoms with van der Waals surface area (Å²) >= 11 is 0. The number of nitrogens with zero attached hydrogens (tertiary/aromatic N) is 1. The summed E-state index contributed by atoms with van der Waals surface area (Å²) in [6, 6.07) is 12.1. The molecule has 2 aromatic rings. The van der Waals surface area contributed by atoms with Gasteiger partial charge in [0.25, 0.3) is 11.8 Å². The summed E-state index contributed by atoms with van der Waals surface area (Å²) in [4.78, 5) is 40.3. The number of carbonyl (C=O) groups is 3. The lowest BCUT2D eigenvalue weighted by Gasteiger charge is -2.36. The Hall–Kier alpha value is -3.26. The lowest BCUT2D eigenvalue weighted by molar-refractivity contribution is -0.124. The normalized spacial score (nSPS) is 15.0. The summed E-state index contributed by atoms with van der Waals surface area (Å²) in [5.74, 6) is -1.37. The minimum absolute atomic E-state index is 0.131. The molecule has 2 aromatic carbocycles. The summed E-state index contributed by atoms with van der Waals surface area (Å²) in [5.41, 5.74) is 1.83. The number of rotatable bonds is 9. The SMILES string of the molecule is COCCCNC(=O)[C@H](NC(=O)c1ccc(C)cc1)C1CCN(C(=O)c2cccc(F)c2)CC1. The minimum Gasteiger partial charge on any atom is -0.385 e. The first kappa shape index (κ1) is 25.4. The van der Waals surface area contributed by atoms with Gasteiger partial charge in [0.1, 0.15) is 11.9 Å². The Morgan fingerprint density at radius 1 is 1.09 bits per heavy atom. The largest absolute Gasteiger partial charge is 0.385 e. The fraction of sp³-hybridized carbons (Fsp3) is 0.423. The average molecular weight is 470 g/mol. The molecule has 1 heterocycles. The van der Waals surface area contributed by atoms with E-state index in [2.05, 4.69) is 10.6 Å². The zero-order valence-corrected chi connectivity index (χ0v) is 19.7. The van der Waals surface area contributed by atoms with Crippen molar-refractivity contribution in [1.29, 1.82) is 0 Å². The predicted octanol–water partition coefficient (Wildman–Crippen LogP) is 2.94. The maximum Gasteiger partial charge on any atom is 0.253 e. The molecule has 3 amide bonds. The number of hydrogen-bond acceptors (Lipinski definition) is 4. The van der Waals surface area contributed by atoms with Crippen LogP contribution in [0.2, 0.25) is 0 Å². The Morgan fingerprint density at radius 3 is 2.44 bits per heavy atom. The number of hydrogen-bond donors (Lipinski definition) is 2. The molecule has 0 bridgehead atoms. The minimum atomic E-state index is -0.720. The van der Waals surface area contributed by atoms with Gasteiger partial charge in [-0.15, -0.1) is 0 Å². The van der Waals surface area contributed by atoms with Gasteiger partial charge in [-0.2, -0.15) is 0 Å². The first-order chi connectivity index (χ1) is 16.4. The first-order valence-corrected chi connectivity index (χ1v) is 11.6. The second kappa shape index (κ2) is 12.3. The summed E-state index contributed by atoms with van der Waals surface area (Å²) < 4.78 is 18.6. The topological polar surface area (TPSA) is 87.7 Å². The average Bonchev–Trinajstić information content (AvgIpc) is 2.85. The Morgan fingerprint density at radius 2 is 1.79 bits per heavy atom. The van der Waals surface area contributed by atoms with E-state index in [-0.39, 0.29) is 23.6 Å². The van der Waals surface area contributed by atoms with E-state index in [1.165, 1.54) is 18.2 Å². The van der Waals surface area contributed by atoms with Gasteiger partial charge < -0.3 is 20.3 Å². The van der Waals surface area contributed by atoms with Crippen LogP contribution in [0.15, 0.2) is 48.5 Å². The smallest absolute Gasteiger partial charge is 0.253 e. The molecule has 3 rings (SSSR count). The van der Waals surface area contributed by atoms with Crippen molar-refractivity contribution in [1.82, 2.24) is 15.5 Å². The number of carbonyl (C=O) groups excluding carboxylic acids is 3. The zero-order chi connectivity index (χ0) is 24.5. The molecule has 1 aliphatic rings. The number of piperidine rings is 1. The van der Waals surface area contributed by atoms with Crippen LogP contribution in [0, 0.1) is 18.7 Å². The van der Waals surface area contributed by atoms with Gasteiger partial charge in [0.05, 0.1) is 0 Å². The summed E-state index contributed by atoms with van der Waals surface area (Å²) in [5, 5.41) is 5.80. The molecule has 1 aliphatic heterocycles. The highest BCUT2D eigenvalue weighted by atomic mass is 19.1. The number of likely N-dealkylation sites (tertiary alicyclic amines) is 1. The molecule has 0 spiro atoms. The van der Waals surface area contributed by atoms with Crippen molar-refractivity contribution in [2.45, 2.75) is 32.2 Å². The van der Waals surface area contributed by atoms with E-state index in [1.807, 2.05) is 19.1 Å². The van der Waals surface area contributed by atoms with Crippen molar-refractivity contribution in [3.63, 3.8) is 0 Å². The molecule has 34 heavy (non-hydrogen) atoms. The third-order valence-corrected chi connectivity index (χ3v) is 6.08. The van der Waals surface area contributed by atoms with E-state index >= 15 is 0 Å². The molecule has 2 N–H and O–H groups in total. The Balaban J connectivity index is 1.66. The summed E-state index contributed by atoms with van der Waals surface area (Å²) in [6.07, 6.45) is 1.76. The Bertz CT molecular complexity index is 988. The fourth-order valence-electron chi connectivity index (χ4n) is 4.10. The molecule has 0 unspecified atom stereocenters. The highest BCUT2D eigenvalue weighted by Gasteiger charge is 2.34. The number of methoxy groups -OCH3 is 1. The molecule has 7 nitrogen and oxygen atoms in total. The van der Waals surface area contributed by atoms with E-state index in [4.69, 9.17) is 4.74 Å². The Labute approximate surface area is 199 Å². The number of nitrogens with one attached hydrogen (secondary N) is 2. The zero-order valence-electron chi connectivity index (χ0n) is 19.7. The number of aryl methyl sites for hydroxylation is 1. The second-order valence-corrected chi connectivity index (χ2v) is 8.59. The molecule has 1 atom stereocenters. The van der Waals surface area contributed by atoms with Crippen LogP contribution in [0.4, 0.5) is 4.39 Å². The lowest BCUT2D eigenvalue weighted by Crippen LogP contribution is -2.54. The molecule has 0 aliphatic carbocycles. The van der Waals surface area contributed by atoms with Crippen LogP contribution >= 0.6 is 0 Å². The van der Waals surface area contributed by atoms with Crippen LogP contribution in [0.25, 0.3) is 0 Å². The highest BCUT2D eigenvalue weighted by molar-refractivity contribution is 5.97. The number of benzene rings is 2. The third-order valence-electron chi connectivity index (χ3n) is 6.08. The standard InChI is InChI=1S/C26H32FN3O4/c1-18-7-9-20(10-8-18)24(31)29-23(25(32)28-13-4-16-34-2)19-11-14-30(15-12-19)26(33)21-5-3-6-22(27)17-21/h3,5-10,17,19,23H,4,11-16H2,1-2H3,(H,28,32)(H,29,31)/t23-/m1/s1. The fourth-order valence-corrected chi connectivity index (χ4v) is 4.10. The van der Waals surface area contributed by atoms with Crippen molar-refractivity contribution in [2.75, 3.05) is 33.4 Å². The van der Waals surface area contributed by atoms with Crippen molar-refractivity contribution in [2.24, 2.45) is 5.92 Å². The van der Waals surface area contributed by atoms with Gasteiger partial charge in [-0.1, -0.05) is 23.8 Å². The molecule has 0 saturated carbocycles. The predicted molar refractivity (Wildman–Crippen MR) is 127 cm³/mol. The molecule has 1 fully saturated rings. The van der Waals surface area contributed by atoms with Gasteiger partial charge in [-0.25, -0.2) is 4.39 Å². The van der Waals surface area contributed by atoms with Gasteiger partial charge in [0.2, 0.25) is 5.91 Å². The number of ether oxygens (including phenoxy) is 1. The van der Waals surface area contributed by atoms with Gasteiger partial charge in [0.15, 0.2) is 0 Å². The third kappa shape index (κ3) is 6.87. The Kier molecular flexibility index (Phi) is 9.16. The van der Waals surface area contributed by atoms with Crippen LogP contribution in [0.1, 0.15) is 45.5 Å². The monoisotopic (exact) mass is 469 g/mol. The maximum atomic E-state index is 13.5. The summed E-state index contributed by atoms with van der Waals surface area (Å²) in [6.45, 7) is 3.76. The van der Waals surface area contributed by atoms with Gasteiger partial charge in [-0.05, 0) is 62.4 Å². The number of amides is 3. The molecular weight excluding hydrogens is 437 g/mol. The molecule has 1 saturated heterocycles. The van der Waals surface area contributed by atoms with Gasteiger partial charge >= 0.3 is 0 Å². The van der Waals surface area contributed by atoms with Gasteiger partial charge in [0, 0.05) is 44.5 Å². The molecule has 182 valence electrons. The quantitative estimate of drug-likeness (QED) is 0.553. The molecule has 8 heteroatoms. The van der Waals surface area contributed by atoms with Crippen molar-refractivity contribution >= 4 is 17.7 Å². The van der Waals surface area contributed by atoms with Crippen LogP contribution in [-0.2, 0) is 9.53 Å². The highest BCUT2D eigenvalue weighted by Crippen LogP contribution is 2.23. The maximum absolute atomic E-state index is 13.5. The van der Waals surface area contributed by atoms with Crippen LogP contribution in [-0.4, -0.2) is 62.0 Å². The second-order valence-electron chi connectivity index (χ2n) is 8.59. The van der Waals surface area contributed by atoms with Crippen molar-refractivity contribution < 1.29 is 23.5 Å². The lowest BCUT2D eigenvalue weighted by atomic mass is 9.88. The molecular formula is C26H32FN3O4. The van der Waals surface area contributed by atoms with Crippen LogP contribution in [0.3, 0.4) is 0 Å². The van der Waals surface area contributed by atoms with Crippen molar-refractivity contribution in [3.05, 3.63) is 71.0 Å². The van der Waals surface area contributed by atoms with Crippen LogP contribution < -0.4 is 10.6 Å². The van der Waals surface area contributed by atoms with E-state index in [9.17, 15) is 18.8 Å². The summed E-state index contributed by atoms with van der Waals surface area (Å²) in [7, 11) is 1.60. The van der Waals surface area contributed by atoms with Gasteiger partial charge in [-0.3, -0.25) is 14.4 Å². The van der Waals surface area contributed by atoms with Crippen LogP contribution in [0.5, 0.6) is 0 Å². The molecule has 0 radical (unpaired) electrons. The van der Waals surface area contributed by atoms with E-state index in [0.29, 0.717) is 56.6 Å². The number of halogens is 1. The van der Waals surface area contributed by atoms with E-state index in [1.54, 1.807) is 30.2 Å². The van der Waals surface area contributed by atoms with E-state index in [0.717, 1.165) is 5.56 Å². The molecule has 0 aromatic heterocycles. The van der Waals surface area contributed by atoms with E-state index < -0.39 is 11.9 Å². The first-order valence-electron chi connectivity index (χ1n) is 11.6. The van der Waals surface area contributed by atoms with Crippen molar-refractivity contribution in [3.8, 4) is 0 Å².